The number of aromatic hydroxyl groups is 1. The van der Waals surface area contributed by atoms with Crippen molar-refractivity contribution in [2.75, 3.05) is 27.2 Å². The van der Waals surface area contributed by atoms with Crippen molar-refractivity contribution in [3.05, 3.63) is 94.7 Å². The molecule has 170 valence electrons. The Bertz CT molecular complexity index is 1220. The number of fused-ring (bicyclic) bond motifs is 1. The maximum absolute atomic E-state index is 9.63. The zero-order valence-electron chi connectivity index (χ0n) is 18.9. The molecule has 3 aromatic carbocycles. The second-order valence-corrected chi connectivity index (χ2v) is 8.73. The molecule has 33 heavy (non-hydrogen) atoms. The maximum Gasteiger partial charge on any atom is 0.194 e. The van der Waals surface area contributed by atoms with Crippen LogP contribution in [0.3, 0.4) is 0 Å². The van der Waals surface area contributed by atoms with E-state index < -0.39 is 0 Å². The lowest BCUT2D eigenvalue weighted by Crippen LogP contribution is -2.19. The van der Waals surface area contributed by atoms with Crippen LogP contribution in [0.5, 0.6) is 11.5 Å². The second-order valence-electron chi connectivity index (χ2n) is 8.36. The molecule has 5 heteroatoms. The first-order valence-electron chi connectivity index (χ1n) is 11.0. The SMILES string of the molecule is CN(C)CCOc1ccc(CCC(=Cc2ccc(O)cc2)c2ccc3oc(Cl)cc3c2)cc1. The number of aryl methyl sites for hydroxylation is 1. The topological polar surface area (TPSA) is 45.8 Å². The van der Waals surface area contributed by atoms with Gasteiger partial charge in [-0.2, -0.15) is 0 Å². The number of phenolic OH excluding ortho intramolecular Hbond substituents is 1. The highest BCUT2D eigenvalue weighted by Gasteiger charge is 2.08. The summed E-state index contributed by atoms with van der Waals surface area (Å²) in [7, 11) is 4.07. The molecule has 1 N–H and O–H groups in total. The molecule has 0 radical (unpaired) electrons. The van der Waals surface area contributed by atoms with Crippen molar-refractivity contribution in [2.24, 2.45) is 0 Å². The van der Waals surface area contributed by atoms with Crippen LogP contribution >= 0.6 is 11.6 Å². The van der Waals surface area contributed by atoms with Gasteiger partial charge in [0.2, 0.25) is 0 Å². The van der Waals surface area contributed by atoms with E-state index in [4.69, 9.17) is 20.8 Å². The minimum absolute atomic E-state index is 0.260. The average Bonchev–Trinajstić information content (AvgIpc) is 3.18. The fourth-order valence-corrected chi connectivity index (χ4v) is 3.86. The smallest absolute Gasteiger partial charge is 0.194 e. The van der Waals surface area contributed by atoms with E-state index in [-0.39, 0.29) is 5.75 Å². The van der Waals surface area contributed by atoms with Crippen molar-refractivity contribution >= 4 is 34.2 Å². The van der Waals surface area contributed by atoms with Gasteiger partial charge in [0.1, 0.15) is 23.7 Å². The molecule has 0 fully saturated rings. The van der Waals surface area contributed by atoms with Gasteiger partial charge < -0.3 is 19.2 Å². The summed E-state index contributed by atoms with van der Waals surface area (Å²) < 4.78 is 11.3. The van der Waals surface area contributed by atoms with E-state index in [0.29, 0.717) is 11.8 Å². The molecular weight excluding hydrogens is 434 g/mol. The van der Waals surface area contributed by atoms with Crippen molar-refractivity contribution in [3.63, 3.8) is 0 Å². The molecule has 4 aromatic rings. The summed E-state index contributed by atoms with van der Waals surface area (Å²) in [6.07, 6.45) is 3.92. The Morgan fingerprint density at radius 3 is 2.48 bits per heavy atom. The molecule has 0 spiro atoms. The van der Waals surface area contributed by atoms with Crippen LogP contribution < -0.4 is 4.74 Å². The summed E-state index contributed by atoms with van der Waals surface area (Å²) in [6.45, 7) is 1.56. The van der Waals surface area contributed by atoms with Crippen LogP contribution in [-0.4, -0.2) is 37.3 Å². The number of hydrogen-bond acceptors (Lipinski definition) is 4. The van der Waals surface area contributed by atoms with E-state index in [2.05, 4.69) is 35.2 Å². The minimum atomic E-state index is 0.260. The molecule has 1 heterocycles. The lowest BCUT2D eigenvalue weighted by atomic mass is 9.95. The number of benzene rings is 3. The van der Waals surface area contributed by atoms with E-state index in [9.17, 15) is 5.11 Å². The monoisotopic (exact) mass is 461 g/mol. The van der Waals surface area contributed by atoms with Gasteiger partial charge in [-0.25, -0.2) is 0 Å². The summed E-state index contributed by atoms with van der Waals surface area (Å²) in [5, 5.41) is 11.0. The van der Waals surface area contributed by atoms with Gasteiger partial charge in [-0.15, -0.1) is 0 Å². The number of allylic oxidation sites excluding steroid dienone is 1. The van der Waals surface area contributed by atoms with Crippen molar-refractivity contribution < 1.29 is 14.3 Å². The van der Waals surface area contributed by atoms with E-state index in [0.717, 1.165) is 47.2 Å². The quantitative estimate of drug-likeness (QED) is 0.275. The third-order valence-corrected chi connectivity index (χ3v) is 5.69. The Morgan fingerprint density at radius 2 is 1.76 bits per heavy atom. The van der Waals surface area contributed by atoms with Crippen LogP contribution in [0, 0.1) is 0 Å². The van der Waals surface area contributed by atoms with Crippen molar-refractivity contribution in [1.29, 1.82) is 0 Å². The number of halogens is 1. The minimum Gasteiger partial charge on any atom is -0.508 e. The second kappa shape index (κ2) is 10.6. The first kappa shape index (κ1) is 23.0. The summed E-state index contributed by atoms with van der Waals surface area (Å²) in [4.78, 5) is 2.10. The van der Waals surface area contributed by atoms with Gasteiger partial charge in [0.15, 0.2) is 5.22 Å². The standard InChI is InChI=1S/C28H28ClNO3/c1-30(2)15-16-32-26-12-6-20(7-13-26)3-8-22(17-21-4-10-25(31)11-5-21)23-9-14-27-24(18-23)19-28(29)33-27/h4-7,9-14,17-19,31H,3,8,15-16H2,1-2H3. The molecule has 0 aliphatic rings. The van der Waals surface area contributed by atoms with Gasteiger partial charge in [-0.3, -0.25) is 0 Å². The molecule has 0 atom stereocenters. The Hall–Kier alpha value is -3.21. The van der Waals surface area contributed by atoms with Gasteiger partial charge in [0, 0.05) is 18.0 Å². The first-order chi connectivity index (χ1) is 16.0. The van der Waals surface area contributed by atoms with Gasteiger partial charge in [0.25, 0.3) is 0 Å². The number of phenols is 1. The zero-order chi connectivity index (χ0) is 23.2. The number of nitrogens with zero attached hydrogens (tertiary/aromatic N) is 1. The molecule has 0 amide bonds. The molecule has 0 bridgehead atoms. The van der Waals surface area contributed by atoms with E-state index >= 15 is 0 Å². The summed E-state index contributed by atoms with van der Waals surface area (Å²) >= 11 is 6.04. The van der Waals surface area contributed by atoms with Crippen LogP contribution in [0.4, 0.5) is 0 Å². The van der Waals surface area contributed by atoms with Gasteiger partial charge in [-0.05, 0) is 97.2 Å². The molecule has 0 saturated heterocycles. The molecule has 0 unspecified atom stereocenters. The third kappa shape index (κ3) is 6.41. The van der Waals surface area contributed by atoms with Gasteiger partial charge in [0.05, 0.1) is 0 Å². The highest BCUT2D eigenvalue weighted by atomic mass is 35.5. The van der Waals surface area contributed by atoms with Crippen molar-refractivity contribution in [3.8, 4) is 11.5 Å². The fourth-order valence-electron chi connectivity index (χ4n) is 3.66. The highest BCUT2D eigenvalue weighted by Crippen LogP contribution is 2.30. The highest BCUT2D eigenvalue weighted by molar-refractivity contribution is 6.29. The number of furan rings is 1. The Labute approximate surface area is 199 Å². The number of likely N-dealkylation sites (N-methyl/N-ethyl adjacent to an activating group) is 1. The van der Waals surface area contributed by atoms with Crippen LogP contribution in [0.25, 0.3) is 22.6 Å². The summed E-state index contributed by atoms with van der Waals surface area (Å²) in [5.74, 6) is 1.15. The van der Waals surface area contributed by atoms with Crippen LogP contribution in [0.2, 0.25) is 5.22 Å². The third-order valence-electron chi connectivity index (χ3n) is 5.50. The van der Waals surface area contributed by atoms with Gasteiger partial charge in [-0.1, -0.05) is 36.4 Å². The predicted molar refractivity (Wildman–Crippen MR) is 136 cm³/mol. The van der Waals surface area contributed by atoms with Crippen molar-refractivity contribution in [1.82, 2.24) is 4.90 Å². The summed E-state index contributed by atoms with van der Waals surface area (Å²) in [6, 6.07) is 23.6. The maximum atomic E-state index is 9.63. The Balaban J connectivity index is 1.52. The molecule has 0 aliphatic heterocycles. The molecule has 4 rings (SSSR count). The fraction of sp³-hybridized carbons (Fsp3) is 0.214. The first-order valence-corrected chi connectivity index (χ1v) is 11.4. The number of hydrogen-bond donors (Lipinski definition) is 1. The van der Waals surface area contributed by atoms with Gasteiger partial charge >= 0.3 is 0 Å². The largest absolute Gasteiger partial charge is 0.508 e. The normalized spacial score (nSPS) is 11.9. The Kier molecular flexibility index (Phi) is 7.38. The van der Waals surface area contributed by atoms with Crippen LogP contribution in [-0.2, 0) is 6.42 Å². The van der Waals surface area contributed by atoms with Crippen LogP contribution in [0.15, 0.2) is 77.2 Å². The number of ether oxygens (including phenoxy) is 1. The molecule has 4 nitrogen and oxygen atoms in total. The number of rotatable bonds is 9. The molecule has 0 saturated carbocycles. The lowest BCUT2D eigenvalue weighted by Gasteiger charge is -2.12. The predicted octanol–water partition coefficient (Wildman–Crippen LogP) is 6.91. The summed E-state index contributed by atoms with van der Waals surface area (Å²) in [5.41, 5.74) is 5.39. The zero-order valence-corrected chi connectivity index (χ0v) is 19.7. The average molecular weight is 462 g/mol. The van der Waals surface area contributed by atoms with Crippen LogP contribution in [0.1, 0.15) is 23.1 Å². The van der Waals surface area contributed by atoms with E-state index in [1.165, 1.54) is 11.1 Å². The molecular formula is C28H28ClNO3. The lowest BCUT2D eigenvalue weighted by molar-refractivity contribution is 0.261. The molecule has 1 aromatic heterocycles. The van der Waals surface area contributed by atoms with Crippen molar-refractivity contribution in [2.45, 2.75) is 12.8 Å². The Morgan fingerprint density at radius 1 is 1.00 bits per heavy atom. The van der Waals surface area contributed by atoms with E-state index in [1.54, 1.807) is 12.1 Å². The van der Waals surface area contributed by atoms with E-state index in [1.807, 2.05) is 50.5 Å². The molecule has 0 aliphatic carbocycles.